The topological polar surface area (TPSA) is 164 Å². The molecule has 2 fully saturated rings. The molecule has 2 aromatic heterocycles. The number of morpholine rings is 1. The molecule has 3 N–H and O–H groups in total. The van der Waals surface area contributed by atoms with Crippen LogP contribution >= 0.6 is 0 Å². The minimum absolute atomic E-state index is 0.00360. The summed E-state index contributed by atoms with van der Waals surface area (Å²) in [4.78, 5) is 47.0. The van der Waals surface area contributed by atoms with E-state index in [-0.39, 0.29) is 17.3 Å². The van der Waals surface area contributed by atoms with Gasteiger partial charge in [-0.25, -0.2) is 18.7 Å². The van der Waals surface area contributed by atoms with Crippen molar-refractivity contribution in [2.45, 2.75) is 26.2 Å². The summed E-state index contributed by atoms with van der Waals surface area (Å²) in [5, 5.41) is 7.91. The summed E-state index contributed by atoms with van der Waals surface area (Å²) in [5.41, 5.74) is 4.97. The van der Waals surface area contributed by atoms with Gasteiger partial charge in [-0.05, 0) is 6.42 Å². The van der Waals surface area contributed by atoms with E-state index >= 15 is 0 Å². The Hall–Kier alpha value is -3.75. The number of nitrogens with zero attached hydrogens (tertiary/aromatic N) is 8. The van der Waals surface area contributed by atoms with Crippen LogP contribution in [0.3, 0.4) is 0 Å². The second-order valence-electron chi connectivity index (χ2n) is 7.96. The zero-order valence-corrected chi connectivity index (χ0v) is 19.9. The lowest BCUT2D eigenvalue weighted by Crippen LogP contribution is -2.46. The number of carbonyl (C=O) groups excluding carboxylic acids is 1. The van der Waals surface area contributed by atoms with Crippen LogP contribution in [0.2, 0.25) is 0 Å². The fourth-order valence-electron chi connectivity index (χ4n) is 3.51. The van der Waals surface area contributed by atoms with Crippen LogP contribution < -0.4 is 15.5 Å². The van der Waals surface area contributed by atoms with Crippen molar-refractivity contribution in [2.24, 2.45) is 0 Å². The number of carboxylic acid groups (broad SMARTS) is 1. The largest absolute Gasteiger partial charge is 0.481 e. The number of anilines is 3. The third-order valence-corrected chi connectivity index (χ3v) is 5.40. The van der Waals surface area contributed by atoms with Gasteiger partial charge < -0.3 is 30.3 Å². The standard InChI is InChI=1S/C17H21F2N9O2.C4H8O2/c18-13(19)12-11(9-21-15(20)22-12)14-23-16(27-3-1-26(10-29)2-4-27)25-17(24-14)28-5-7-30-8-6-28;1-2-3-4(5)6/h9-10,13H,1-8H2,(H2,20,21,22);2-3H2,1H3,(H,5,6). The highest BCUT2D eigenvalue weighted by atomic mass is 19.3. The number of nitrogens with two attached hydrogens (primary N) is 1. The summed E-state index contributed by atoms with van der Waals surface area (Å²) in [5.74, 6) is -0.189. The highest BCUT2D eigenvalue weighted by Crippen LogP contribution is 2.29. The molecule has 13 nitrogen and oxygen atoms in total. The molecule has 0 bridgehead atoms. The maximum Gasteiger partial charge on any atom is 0.303 e. The normalized spacial score (nSPS) is 15.9. The number of piperazine rings is 1. The van der Waals surface area contributed by atoms with Gasteiger partial charge in [-0.2, -0.15) is 15.0 Å². The first-order chi connectivity index (χ1) is 17.3. The maximum atomic E-state index is 13.6. The van der Waals surface area contributed by atoms with Gasteiger partial charge in [0.05, 0.1) is 18.8 Å². The Labute approximate surface area is 206 Å². The predicted octanol–water partition coefficient (Wildman–Crippen LogP) is 0.835. The summed E-state index contributed by atoms with van der Waals surface area (Å²) in [6, 6.07) is 0. The summed E-state index contributed by atoms with van der Waals surface area (Å²) in [7, 11) is 0. The van der Waals surface area contributed by atoms with Gasteiger partial charge in [0.1, 0.15) is 5.69 Å². The van der Waals surface area contributed by atoms with Gasteiger partial charge in [0.15, 0.2) is 5.82 Å². The quantitative estimate of drug-likeness (QED) is 0.506. The first kappa shape index (κ1) is 26.8. The van der Waals surface area contributed by atoms with Crippen molar-refractivity contribution < 1.29 is 28.2 Å². The molecule has 4 heterocycles. The Morgan fingerprint density at radius 2 is 1.69 bits per heavy atom. The van der Waals surface area contributed by atoms with Crippen LogP contribution in [0.25, 0.3) is 11.4 Å². The number of rotatable bonds is 7. The monoisotopic (exact) mass is 509 g/mol. The third kappa shape index (κ3) is 7.13. The minimum atomic E-state index is -2.87. The van der Waals surface area contributed by atoms with Gasteiger partial charge in [-0.1, -0.05) is 6.92 Å². The number of ether oxygens (including phenoxy) is 1. The number of halogens is 2. The number of carbonyl (C=O) groups is 2. The molecule has 15 heteroatoms. The molecule has 4 rings (SSSR count). The fourth-order valence-corrected chi connectivity index (χ4v) is 3.51. The van der Waals surface area contributed by atoms with E-state index in [1.54, 1.807) is 4.90 Å². The third-order valence-electron chi connectivity index (χ3n) is 5.40. The molecule has 1 amide bonds. The Morgan fingerprint density at radius 3 is 2.19 bits per heavy atom. The first-order valence-corrected chi connectivity index (χ1v) is 11.5. The molecule has 0 aromatic carbocycles. The van der Waals surface area contributed by atoms with Gasteiger partial charge in [-0.15, -0.1) is 0 Å². The number of alkyl halides is 2. The fraction of sp³-hybridized carbons (Fsp3) is 0.571. The number of hydrogen-bond acceptors (Lipinski definition) is 11. The van der Waals surface area contributed by atoms with E-state index in [4.69, 9.17) is 15.6 Å². The average Bonchev–Trinajstić information content (AvgIpc) is 2.89. The molecule has 2 saturated heterocycles. The van der Waals surface area contributed by atoms with Gasteiger partial charge in [0.2, 0.25) is 24.3 Å². The molecular weight excluding hydrogens is 480 g/mol. The number of hydrogen-bond donors (Lipinski definition) is 2. The molecule has 0 aliphatic carbocycles. The molecule has 196 valence electrons. The van der Waals surface area contributed by atoms with Crippen molar-refractivity contribution in [3.63, 3.8) is 0 Å². The number of carboxylic acids is 1. The van der Waals surface area contributed by atoms with E-state index in [9.17, 15) is 18.4 Å². The van der Waals surface area contributed by atoms with Crippen molar-refractivity contribution in [1.29, 1.82) is 0 Å². The number of nitrogen functional groups attached to an aromatic ring is 1. The van der Waals surface area contributed by atoms with E-state index in [1.165, 1.54) is 6.20 Å². The van der Waals surface area contributed by atoms with E-state index in [2.05, 4.69) is 24.9 Å². The van der Waals surface area contributed by atoms with Crippen LogP contribution in [0.1, 0.15) is 31.9 Å². The van der Waals surface area contributed by atoms with E-state index in [0.717, 1.165) is 12.8 Å². The molecule has 2 aliphatic rings. The van der Waals surface area contributed by atoms with Crippen LogP contribution in [0, 0.1) is 0 Å². The lowest BCUT2D eigenvalue weighted by atomic mass is 10.2. The number of aliphatic carboxylic acids is 1. The van der Waals surface area contributed by atoms with E-state index < -0.39 is 18.1 Å². The highest BCUT2D eigenvalue weighted by Gasteiger charge is 2.25. The van der Waals surface area contributed by atoms with E-state index in [1.807, 2.05) is 16.7 Å². The van der Waals surface area contributed by atoms with Crippen molar-refractivity contribution in [2.75, 3.05) is 68.0 Å². The lowest BCUT2D eigenvalue weighted by Gasteiger charge is -2.33. The highest BCUT2D eigenvalue weighted by molar-refractivity contribution is 5.66. The second kappa shape index (κ2) is 12.8. The minimum Gasteiger partial charge on any atom is -0.481 e. The zero-order chi connectivity index (χ0) is 26.1. The van der Waals surface area contributed by atoms with Crippen LogP contribution in [-0.4, -0.2) is 99.8 Å². The summed E-state index contributed by atoms with van der Waals surface area (Å²) in [6.45, 7) is 6.09. The van der Waals surface area contributed by atoms with Crippen molar-refractivity contribution >= 4 is 30.2 Å². The Kier molecular flexibility index (Phi) is 9.55. The van der Waals surface area contributed by atoms with E-state index in [0.29, 0.717) is 70.8 Å². The Bertz CT molecular complexity index is 1030. The molecule has 0 saturated carbocycles. The van der Waals surface area contributed by atoms with Crippen LogP contribution in [0.4, 0.5) is 26.6 Å². The molecule has 0 unspecified atom stereocenters. The summed E-state index contributed by atoms with van der Waals surface area (Å²) in [6.07, 6.45) is 0.162. The van der Waals surface area contributed by atoms with Gasteiger partial charge >= 0.3 is 5.97 Å². The summed E-state index contributed by atoms with van der Waals surface area (Å²) < 4.78 is 32.6. The van der Waals surface area contributed by atoms with Gasteiger partial charge in [-0.3, -0.25) is 9.59 Å². The van der Waals surface area contributed by atoms with Crippen LogP contribution in [-0.2, 0) is 14.3 Å². The molecular formula is C21H29F2N9O4. The Morgan fingerprint density at radius 1 is 1.08 bits per heavy atom. The maximum absolute atomic E-state index is 13.6. The van der Waals surface area contributed by atoms with Crippen molar-refractivity contribution in [3.8, 4) is 11.4 Å². The first-order valence-electron chi connectivity index (χ1n) is 11.5. The SMILES string of the molecule is CCCC(=O)O.Nc1ncc(-c2nc(N3CCOCC3)nc(N3CCN(C=O)CC3)n2)c(C(F)F)n1. The second-order valence-corrected chi connectivity index (χ2v) is 7.96. The van der Waals surface area contributed by atoms with Gasteiger partial charge in [0.25, 0.3) is 6.43 Å². The number of amides is 1. The van der Waals surface area contributed by atoms with Crippen LogP contribution in [0.15, 0.2) is 6.20 Å². The molecule has 0 radical (unpaired) electrons. The molecule has 2 aromatic rings. The predicted molar refractivity (Wildman–Crippen MR) is 126 cm³/mol. The van der Waals surface area contributed by atoms with Crippen molar-refractivity contribution in [3.05, 3.63) is 11.9 Å². The smallest absolute Gasteiger partial charge is 0.303 e. The number of aromatic nitrogens is 5. The van der Waals surface area contributed by atoms with Gasteiger partial charge in [0, 0.05) is 51.9 Å². The summed E-state index contributed by atoms with van der Waals surface area (Å²) >= 11 is 0. The Balaban J connectivity index is 0.000000538. The molecule has 36 heavy (non-hydrogen) atoms. The molecule has 0 spiro atoms. The molecule has 2 aliphatic heterocycles. The lowest BCUT2D eigenvalue weighted by molar-refractivity contribution is -0.137. The average molecular weight is 510 g/mol. The molecule has 0 atom stereocenters. The van der Waals surface area contributed by atoms with Crippen molar-refractivity contribution in [1.82, 2.24) is 29.8 Å². The van der Waals surface area contributed by atoms with Crippen LogP contribution in [0.5, 0.6) is 0 Å². The zero-order valence-electron chi connectivity index (χ0n) is 19.9.